The van der Waals surface area contributed by atoms with Crippen LogP contribution in [0, 0.1) is 23.2 Å². The molecule has 0 saturated carbocycles. The van der Waals surface area contributed by atoms with E-state index in [1.807, 2.05) is 0 Å². The smallest absolute Gasteiger partial charge is 0.275 e. The summed E-state index contributed by atoms with van der Waals surface area (Å²) in [7, 11) is 3.92. The number of allylic oxidation sites excluding steroid dienone is 3. The lowest BCUT2D eigenvalue weighted by Crippen LogP contribution is -2.62. The maximum Gasteiger partial charge on any atom is 0.275 e. The normalized spacial score (nSPS) is 21.1. The summed E-state index contributed by atoms with van der Waals surface area (Å²) in [5, 5.41) is 13.8. The second-order valence-electron chi connectivity index (χ2n) is 8.77. The molecule has 172 valence electrons. The molecule has 1 amide bonds. The first-order chi connectivity index (χ1) is 15.9. The number of amides is 1. The highest BCUT2D eigenvalue weighted by molar-refractivity contribution is 6.10. The van der Waals surface area contributed by atoms with Gasteiger partial charge in [0, 0.05) is 49.9 Å². The number of carbonyl (C=O) groups is 1. The van der Waals surface area contributed by atoms with Crippen molar-refractivity contribution in [2.45, 2.75) is 12.8 Å². The van der Waals surface area contributed by atoms with Crippen LogP contribution in [0.15, 0.2) is 47.8 Å². The minimum atomic E-state index is -0.415. The standard InChI is InChI=1S/C24H29N7O2/c1-4-8-33-21-10-18(25)17(11-26-2)9-19(21)29-23(32)20-12-28-22(13-27-20)31-15-24(16-31)6-5-7-30(3)14-24/h1,9-13,25-26H,5-8,14-16H2,2-3H3,(H,29,32)/b17-11-,25-18?. The number of ether oxygens (including phenoxy) is 1. The molecule has 2 saturated heterocycles. The Morgan fingerprint density at radius 3 is 2.82 bits per heavy atom. The number of likely N-dealkylation sites (tertiary alicyclic amines) is 1. The molecular formula is C24H29N7O2. The van der Waals surface area contributed by atoms with Crippen molar-refractivity contribution in [1.29, 1.82) is 5.41 Å². The van der Waals surface area contributed by atoms with Crippen LogP contribution in [0.2, 0.25) is 0 Å². The second-order valence-corrected chi connectivity index (χ2v) is 8.77. The fourth-order valence-corrected chi connectivity index (χ4v) is 4.63. The number of piperidine rings is 1. The molecule has 3 N–H and O–H groups in total. The highest BCUT2D eigenvalue weighted by Gasteiger charge is 2.45. The van der Waals surface area contributed by atoms with E-state index < -0.39 is 5.91 Å². The van der Waals surface area contributed by atoms with Crippen molar-refractivity contribution in [3.63, 3.8) is 0 Å². The summed E-state index contributed by atoms with van der Waals surface area (Å²) in [6, 6.07) is 0. The van der Waals surface area contributed by atoms with Gasteiger partial charge in [-0.15, -0.1) is 6.42 Å². The van der Waals surface area contributed by atoms with Crippen LogP contribution in [0.25, 0.3) is 0 Å². The van der Waals surface area contributed by atoms with Gasteiger partial charge in [-0.2, -0.15) is 0 Å². The van der Waals surface area contributed by atoms with E-state index in [1.165, 1.54) is 31.7 Å². The minimum Gasteiger partial charge on any atom is -0.479 e. The molecule has 0 unspecified atom stereocenters. The van der Waals surface area contributed by atoms with Gasteiger partial charge < -0.3 is 30.6 Å². The molecule has 0 bridgehead atoms. The largest absolute Gasteiger partial charge is 0.479 e. The van der Waals surface area contributed by atoms with Crippen LogP contribution in [0.1, 0.15) is 23.3 Å². The number of hydrogen-bond acceptors (Lipinski definition) is 8. The van der Waals surface area contributed by atoms with Gasteiger partial charge in [0.25, 0.3) is 5.91 Å². The monoisotopic (exact) mass is 447 g/mol. The number of hydrogen-bond donors (Lipinski definition) is 3. The van der Waals surface area contributed by atoms with Crippen LogP contribution < -0.4 is 15.5 Å². The Bertz CT molecular complexity index is 1060. The Hall–Kier alpha value is -3.64. The van der Waals surface area contributed by atoms with E-state index in [9.17, 15) is 4.79 Å². The van der Waals surface area contributed by atoms with E-state index in [4.69, 9.17) is 16.6 Å². The Kier molecular flexibility index (Phi) is 6.47. The lowest BCUT2D eigenvalue weighted by Gasteiger charge is -2.54. The molecule has 1 aliphatic carbocycles. The maximum absolute atomic E-state index is 12.8. The molecule has 0 radical (unpaired) electrons. The van der Waals surface area contributed by atoms with Crippen molar-refractivity contribution in [2.75, 3.05) is 51.8 Å². The van der Waals surface area contributed by atoms with E-state index in [0.717, 1.165) is 25.5 Å². The van der Waals surface area contributed by atoms with Gasteiger partial charge in [0.05, 0.1) is 23.8 Å². The first-order valence-corrected chi connectivity index (χ1v) is 11.0. The van der Waals surface area contributed by atoms with Crippen molar-refractivity contribution in [3.05, 3.63) is 53.5 Å². The van der Waals surface area contributed by atoms with Gasteiger partial charge in [-0.25, -0.2) is 9.97 Å². The van der Waals surface area contributed by atoms with Crippen molar-refractivity contribution in [1.82, 2.24) is 25.5 Å². The van der Waals surface area contributed by atoms with E-state index in [2.05, 4.69) is 43.4 Å². The lowest BCUT2D eigenvalue weighted by molar-refractivity contribution is 0.0777. The summed E-state index contributed by atoms with van der Waals surface area (Å²) >= 11 is 0. The van der Waals surface area contributed by atoms with Gasteiger partial charge in [0.15, 0.2) is 0 Å². The Balaban J connectivity index is 1.42. The zero-order valence-corrected chi connectivity index (χ0v) is 19.0. The van der Waals surface area contributed by atoms with Crippen LogP contribution in [-0.2, 0) is 4.74 Å². The third-order valence-electron chi connectivity index (χ3n) is 6.11. The molecular weight excluding hydrogens is 418 g/mol. The van der Waals surface area contributed by atoms with Crippen LogP contribution in [0.3, 0.4) is 0 Å². The number of rotatable bonds is 6. The average molecular weight is 448 g/mol. The van der Waals surface area contributed by atoms with E-state index >= 15 is 0 Å². The molecule has 9 nitrogen and oxygen atoms in total. The summed E-state index contributed by atoms with van der Waals surface area (Å²) < 4.78 is 5.52. The van der Waals surface area contributed by atoms with Gasteiger partial charge in [0.2, 0.25) is 0 Å². The molecule has 9 heteroatoms. The van der Waals surface area contributed by atoms with Crippen molar-refractivity contribution in [2.24, 2.45) is 5.41 Å². The minimum absolute atomic E-state index is 0.0268. The molecule has 4 rings (SSSR count). The molecule has 0 aromatic carbocycles. The molecule has 3 heterocycles. The first kappa shape index (κ1) is 22.6. The van der Waals surface area contributed by atoms with Crippen LogP contribution in [0.4, 0.5) is 5.82 Å². The lowest BCUT2D eigenvalue weighted by atomic mass is 9.73. The average Bonchev–Trinajstić information content (AvgIpc) is 2.78. The number of aromatic nitrogens is 2. The molecule has 2 fully saturated rings. The van der Waals surface area contributed by atoms with Gasteiger partial charge in [0.1, 0.15) is 23.9 Å². The molecule has 2 aliphatic heterocycles. The summed E-state index contributed by atoms with van der Waals surface area (Å²) in [5.41, 5.74) is 1.80. The fraction of sp³-hybridized carbons (Fsp3) is 0.417. The topological polar surface area (TPSA) is 106 Å². The first-order valence-electron chi connectivity index (χ1n) is 11.0. The van der Waals surface area contributed by atoms with Crippen LogP contribution in [-0.4, -0.2) is 73.4 Å². The SMILES string of the molecule is C#CCOC1=CC(=N)/C(=C\NC)C=C1NC(=O)c1cnc(N2CC3(CCCN(C)C3)C2)cn1. The van der Waals surface area contributed by atoms with Gasteiger partial charge in [-0.3, -0.25) is 4.79 Å². The third-order valence-corrected chi connectivity index (χ3v) is 6.11. The van der Waals surface area contributed by atoms with E-state index in [0.29, 0.717) is 22.4 Å². The Morgan fingerprint density at radius 1 is 1.33 bits per heavy atom. The third kappa shape index (κ3) is 4.91. The molecule has 0 atom stereocenters. The summed E-state index contributed by atoms with van der Waals surface area (Å²) in [5.74, 6) is 3.09. The molecule has 3 aliphatic rings. The van der Waals surface area contributed by atoms with Crippen molar-refractivity contribution < 1.29 is 9.53 Å². The van der Waals surface area contributed by atoms with E-state index in [1.54, 1.807) is 25.5 Å². The van der Waals surface area contributed by atoms with Crippen LogP contribution >= 0.6 is 0 Å². The van der Waals surface area contributed by atoms with Crippen LogP contribution in [0.5, 0.6) is 0 Å². The molecule has 1 spiro atoms. The summed E-state index contributed by atoms with van der Waals surface area (Å²) in [6.07, 6.45) is 15.8. The summed E-state index contributed by atoms with van der Waals surface area (Å²) in [4.78, 5) is 26.3. The highest BCUT2D eigenvalue weighted by atomic mass is 16.5. The number of carbonyl (C=O) groups excluding carboxylic acids is 1. The molecule has 33 heavy (non-hydrogen) atoms. The maximum atomic E-state index is 12.8. The zero-order chi connectivity index (χ0) is 23.4. The highest BCUT2D eigenvalue weighted by Crippen LogP contribution is 2.40. The second kappa shape index (κ2) is 9.46. The number of nitrogens with zero attached hydrogens (tertiary/aromatic N) is 4. The van der Waals surface area contributed by atoms with Gasteiger partial charge in [-0.1, -0.05) is 5.92 Å². The number of nitrogens with one attached hydrogen (secondary N) is 3. The predicted octanol–water partition coefficient (Wildman–Crippen LogP) is 1.29. The Morgan fingerprint density at radius 2 is 2.15 bits per heavy atom. The van der Waals surface area contributed by atoms with Gasteiger partial charge in [-0.05, 0) is 32.5 Å². The fourth-order valence-electron chi connectivity index (χ4n) is 4.63. The summed E-state index contributed by atoms with van der Waals surface area (Å²) in [6.45, 7) is 4.25. The Labute approximate surface area is 194 Å². The predicted molar refractivity (Wildman–Crippen MR) is 127 cm³/mol. The number of terminal acetylenes is 1. The molecule has 1 aromatic heterocycles. The van der Waals surface area contributed by atoms with Crippen molar-refractivity contribution in [3.8, 4) is 12.3 Å². The molecule has 1 aromatic rings. The zero-order valence-electron chi connectivity index (χ0n) is 19.0. The van der Waals surface area contributed by atoms with Crippen molar-refractivity contribution >= 4 is 17.4 Å². The number of anilines is 1. The van der Waals surface area contributed by atoms with E-state index in [-0.39, 0.29) is 18.0 Å². The van der Waals surface area contributed by atoms with Gasteiger partial charge >= 0.3 is 0 Å². The quantitative estimate of drug-likeness (QED) is 0.564.